The zero-order valence-corrected chi connectivity index (χ0v) is 27.4. The first-order chi connectivity index (χ1) is 22.3. The molecular formula is C38H48N4O4. The number of benzene rings is 2. The number of rotatable bonds is 9. The van der Waals surface area contributed by atoms with E-state index in [0.29, 0.717) is 37.4 Å². The predicted octanol–water partition coefficient (Wildman–Crippen LogP) is 7.44. The minimum Gasteiger partial charge on any atom is -0.496 e. The van der Waals surface area contributed by atoms with Crippen LogP contribution in [0.5, 0.6) is 5.75 Å². The number of nitrogens with zero attached hydrogens (tertiary/aromatic N) is 3. The molecule has 46 heavy (non-hydrogen) atoms. The molecule has 1 aliphatic heterocycles. The minimum absolute atomic E-state index is 0.386. The lowest BCUT2D eigenvalue weighted by Crippen LogP contribution is -2.65. The van der Waals surface area contributed by atoms with Crippen molar-refractivity contribution < 1.29 is 19.1 Å². The number of methoxy groups -OCH3 is 1. The number of hydrogen-bond donors (Lipinski definition) is 1. The van der Waals surface area contributed by atoms with Crippen molar-refractivity contribution in [2.24, 2.45) is 11.7 Å². The van der Waals surface area contributed by atoms with Crippen molar-refractivity contribution in [3.05, 3.63) is 71.5 Å². The summed E-state index contributed by atoms with van der Waals surface area (Å²) < 4.78 is 14.0. The van der Waals surface area contributed by atoms with Gasteiger partial charge in [0.25, 0.3) is 5.91 Å². The van der Waals surface area contributed by atoms with E-state index in [0.717, 1.165) is 80.2 Å². The number of carbonyl (C=O) groups is 2. The second-order valence-corrected chi connectivity index (χ2v) is 14.4. The van der Waals surface area contributed by atoms with Crippen LogP contribution < -0.4 is 10.5 Å². The van der Waals surface area contributed by atoms with Crippen LogP contribution in [0, 0.1) is 12.8 Å². The molecule has 2 amide bonds. The maximum Gasteiger partial charge on any atom is 0.410 e. The van der Waals surface area contributed by atoms with Gasteiger partial charge >= 0.3 is 6.09 Å². The van der Waals surface area contributed by atoms with Crippen molar-refractivity contribution in [3.63, 3.8) is 0 Å². The standard InChI is InChI=1S/C38H48N4O4/c1-26-21-30(13-16-34(26)45-2)28-11-9-27(10-12-28)23-37(17-3-4-18-38(37,35(39)43)46-36(44)41-19-6-20-41)32-8-5-7-29(22-32)31-24-40-42(25-31)33-14-15-33/h5,7-8,13,16,21-22,24-25,27-28,33H,3-4,6,9-12,14-15,17-20,23H2,1-2H3,(H2,39,43). The Morgan fingerprint density at radius 1 is 0.957 bits per heavy atom. The summed E-state index contributed by atoms with van der Waals surface area (Å²) in [4.78, 5) is 29.1. The SMILES string of the molecule is COc1ccc(C2CCC(CC3(c4cccc(-c5cnn(C6CC6)c5)c4)CCCCC3(OC(=O)N3CCC3)C(N)=O)CC2)cc1C. The fraction of sp³-hybridized carbons (Fsp3) is 0.553. The monoisotopic (exact) mass is 624 g/mol. The van der Waals surface area contributed by atoms with Gasteiger partial charge in [-0.1, -0.05) is 42.8 Å². The minimum atomic E-state index is -1.40. The molecule has 1 aromatic heterocycles. The summed E-state index contributed by atoms with van der Waals surface area (Å²) in [5.74, 6) is 1.29. The molecule has 4 aliphatic rings. The number of ether oxygens (including phenoxy) is 2. The lowest BCUT2D eigenvalue weighted by molar-refractivity contribution is -0.156. The number of hydrogen-bond acceptors (Lipinski definition) is 5. The Morgan fingerprint density at radius 2 is 1.74 bits per heavy atom. The summed E-state index contributed by atoms with van der Waals surface area (Å²) >= 11 is 0. The topological polar surface area (TPSA) is 99.7 Å². The van der Waals surface area contributed by atoms with Crippen molar-refractivity contribution in [3.8, 4) is 16.9 Å². The van der Waals surface area contributed by atoms with Crippen LogP contribution in [-0.4, -0.2) is 52.5 Å². The fourth-order valence-corrected chi connectivity index (χ4v) is 8.65. The highest BCUT2D eigenvalue weighted by Gasteiger charge is 2.61. The van der Waals surface area contributed by atoms with Crippen LogP contribution in [-0.2, 0) is 14.9 Å². The average molecular weight is 625 g/mol. The Morgan fingerprint density at radius 3 is 2.41 bits per heavy atom. The molecule has 0 spiro atoms. The molecule has 1 saturated heterocycles. The first kappa shape index (κ1) is 30.8. The third-order valence-electron chi connectivity index (χ3n) is 11.6. The number of nitrogens with two attached hydrogens (primary N) is 1. The Balaban J connectivity index is 1.23. The molecule has 2 N–H and O–H groups in total. The lowest BCUT2D eigenvalue weighted by atomic mass is 9.54. The number of aromatic nitrogens is 2. The fourth-order valence-electron chi connectivity index (χ4n) is 8.65. The van der Waals surface area contributed by atoms with Gasteiger partial charge in [-0.3, -0.25) is 9.48 Å². The van der Waals surface area contributed by atoms with E-state index in [9.17, 15) is 9.59 Å². The molecule has 0 radical (unpaired) electrons. The van der Waals surface area contributed by atoms with Gasteiger partial charge in [0, 0.05) is 30.3 Å². The summed E-state index contributed by atoms with van der Waals surface area (Å²) in [6, 6.07) is 15.6. The largest absolute Gasteiger partial charge is 0.496 e. The van der Waals surface area contributed by atoms with E-state index in [1.807, 2.05) is 6.20 Å². The molecule has 0 bridgehead atoms. The van der Waals surface area contributed by atoms with Crippen molar-refractivity contribution in [1.29, 1.82) is 0 Å². The van der Waals surface area contributed by atoms with E-state index in [4.69, 9.17) is 15.2 Å². The van der Waals surface area contributed by atoms with Gasteiger partial charge in [0.1, 0.15) is 5.75 Å². The van der Waals surface area contributed by atoms with Crippen molar-refractivity contribution >= 4 is 12.0 Å². The molecule has 2 unspecified atom stereocenters. The van der Waals surface area contributed by atoms with Gasteiger partial charge in [0.2, 0.25) is 5.60 Å². The molecule has 2 heterocycles. The summed E-state index contributed by atoms with van der Waals surface area (Å²) in [6.07, 6.45) is 15.0. The first-order valence-corrected chi connectivity index (χ1v) is 17.4. The molecular weight excluding hydrogens is 576 g/mol. The lowest BCUT2D eigenvalue weighted by Gasteiger charge is -2.53. The van der Waals surface area contributed by atoms with E-state index in [-0.39, 0.29) is 0 Å². The molecule has 8 nitrogen and oxygen atoms in total. The zero-order valence-electron chi connectivity index (χ0n) is 27.4. The molecule has 3 aliphatic carbocycles. The smallest absolute Gasteiger partial charge is 0.410 e. The van der Waals surface area contributed by atoms with E-state index in [1.165, 1.54) is 24.0 Å². The van der Waals surface area contributed by atoms with Crippen LogP contribution in [0.4, 0.5) is 4.79 Å². The molecule has 2 atom stereocenters. The first-order valence-electron chi connectivity index (χ1n) is 17.4. The Bertz CT molecular complexity index is 1580. The highest BCUT2D eigenvalue weighted by atomic mass is 16.6. The second-order valence-electron chi connectivity index (χ2n) is 14.4. The van der Waals surface area contributed by atoms with Gasteiger partial charge in [0.05, 0.1) is 19.3 Å². The quantitative estimate of drug-likeness (QED) is 0.267. The number of primary amides is 1. The molecule has 4 fully saturated rings. The average Bonchev–Trinajstić information content (AvgIpc) is 3.77. The predicted molar refractivity (Wildman–Crippen MR) is 178 cm³/mol. The number of likely N-dealkylation sites (tertiary alicyclic amines) is 1. The van der Waals surface area contributed by atoms with E-state index in [2.05, 4.69) is 65.4 Å². The van der Waals surface area contributed by atoms with Crippen LogP contribution in [0.2, 0.25) is 0 Å². The molecule has 3 saturated carbocycles. The number of amides is 2. The highest BCUT2D eigenvalue weighted by molar-refractivity contribution is 5.89. The number of carbonyl (C=O) groups excluding carboxylic acids is 2. The van der Waals surface area contributed by atoms with E-state index < -0.39 is 23.0 Å². The summed E-state index contributed by atoms with van der Waals surface area (Å²) in [7, 11) is 1.72. The van der Waals surface area contributed by atoms with E-state index in [1.54, 1.807) is 12.0 Å². The molecule has 3 aromatic rings. The van der Waals surface area contributed by atoms with Gasteiger partial charge in [-0.15, -0.1) is 0 Å². The van der Waals surface area contributed by atoms with Crippen LogP contribution in [0.15, 0.2) is 54.9 Å². The number of aryl methyl sites for hydroxylation is 1. The van der Waals surface area contributed by atoms with Gasteiger partial charge in [-0.2, -0.15) is 5.10 Å². The Kier molecular flexibility index (Phi) is 8.32. The van der Waals surface area contributed by atoms with Crippen molar-refractivity contribution in [2.75, 3.05) is 20.2 Å². The maximum atomic E-state index is 13.8. The summed E-state index contributed by atoms with van der Waals surface area (Å²) in [6.45, 7) is 3.43. The summed E-state index contributed by atoms with van der Waals surface area (Å²) in [5.41, 5.74) is 10.0. The zero-order chi connectivity index (χ0) is 31.9. The Hall–Kier alpha value is -3.81. The maximum absolute atomic E-state index is 13.8. The third kappa shape index (κ3) is 5.58. The summed E-state index contributed by atoms with van der Waals surface area (Å²) in [5, 5.41) is 4.65. The molecule has 244 valence electrons. The molecule has 8 heteroatoms. The van der Waals surface area contributed by atoms with Gasteiger partial charge in [-0.25, -0.2) is 4.79 Å². The van der Waals surface area contributed by atoms with Crippen LogP contribution in [0.3, 0.4) is 0 Å². The van der Waals surface area contributed by atoms with Gasteiger partial charge in [-0.05, 0) is 118 Å². The highest BCUT2D eigenvalue weighted by Crippen LogP contribution is 2.55. The van der Waals surface area contributed by atoms with Crippen LogP contribution in [0.25, 0.3) is 11.1 Å². The van der Waals surface area contributed by atoms with Gasteiger partial charge < -0.3 is 20.1 Å². The van der Waals surface area contributed by atoms with Crippen LogP contribution in [0.1, 0.15) is 106 Å². The van der Waals surface area contributed by atoms with Crippen molar-refractivity contribution in [2.45, 2.75) is 107 Å². The van der Waals surface area contributed by atoms with Crippen LogP contribution >= 0.6 is 0 Å². The third-order valence-corrected chi connectivity index (χ3v) is 11.6. The Labute approximate surface area is 272 Å². The second kappa shape index (κ2) is 12.4. The molecule has 2 aromatic carbocycles. The normalized spacial score (nSPS) is 27.9. The van der Waals surface area contributed by atoms with Gasteiger partial charge in [0.15, 0.2) is 0 Å². The molecule has 7 rings (SSSR count). The van der Waals surface area contributed by atoms with E-state index >= 15 is 0 Å². The van der Waals surface area contributed by atoms with Crippen molar-refractivity contribution in [1.82, 2.24) is 14.7 Å².